The molecule has 1 aromatic carbocycles. The highest BCUT2D eigenvalue weighted by Gasteiger charge is 2.37. The largest absolute Gasteiger partial charge is 0.486 e. The molecule has 0 saturated carbocycles. The van der Waals surface area contributed by atoms with Gasteiger partial charge in [-0.25, -0.2) is 0 Å². The standard InChI is InChI=1S/C19H25N3O4/c1-12-15(3-2-6-20-12)21-19(24)13-9-18(23)22(11-13)14-4-5-16-17(10-14)26-8-7-25-16/h4-5,10,12-13,15,20H,2-3,6-9,11H2,1H3,(H,21,24). The summed E-state index contributed by atoms with van der Waals surface area (Å²) in [4.78, 5) is 26.8. The normalized spacial score (nSPS) is 28.1. The van der Waals surface area contributed by atoms with Crippen molar-refractivity contribution >= 4 is 17.5 Å². The number of piperidine rings is 1. The molecule has 140 valence electrons. The van der Waals surface area contributed by atoms with Gasteiger partial charge in [-0.2, -0.15) is 0 Å². The van der Waals surface area contributed by atoms with Crippen molar-refractivity contribution in [3.8, 4) is 11.5 Å². The van der Waals surface area contributed by atoms with Gasteiger partial charge in [-0.3, -0.25) is 9.59 Å². The molecule has 3 aliphatic rings. The average Bonchev–Trinajstić information content (AvgIpc) is 3.05. The number of hydrogen-bond donors (Lipinski definition) is 2. The van der Waals surface area contributed by atoms with Crippen molar-refractivity contribution in [1.82, 2.24) is 10.6 Å². The summed E-state index contributed by atoms with van der Waals surface area (Å²) in [5.41, 5.74) is 0.752. The van der Waals surface area contributed by atoms with E-state index in [4.69, 9.17) is 9.47 Å². The number of benzene rings is 1. The van der Waals surface area contributed by atoms with Crippen molar-refractivity contribution < 1.29 is 19.1 Å². The van der Waals surface area contributed by atoms with E-state index in [0.29, 0.717) is 31.3 Å². The number of amides is 2. The number of fused-ring (bicyclic) bond motifs is 1. The third kappa shape index (κ3) is 3.35. The minimum atomic E-state index is -0.315. The van der Waals surface area contributed by atoms with E-state index < -0.39 is 0 Å². The number of hydrogen-bond acceptors (Lipinski definition) is 5. The quantitative estimate of drug-likeness (QED) is 0.844. The summed E-state index contributed by atoms with van der Waals surface area (Å²) in [6, 6.07) is 5.88. The van der Waals surface area contributed by atoms with E-state index >= 15 is 0 Å². The average molecular weight is 359 g/mol. The van der Waals surface area contributed by atoms with Gasteiger partial charge in [-0.1, -0.05) is 0 Å². The van der Waals surface area contributed by atoms with Gasteiger partial charge in [0.05, 0.1) is 5.92 Å². The highest BCUT2D eigenvalue weighted by atomic mass is 16.6. The molecule has 0 aromatic heterocycles. The summed E-state index contributed by atoms with van der Waals surface area (Å²) >= 11 is 0. The van der Waals surface area contributed by atoms with Gasteiger partial charge in [0, 0.05) is 36.8 Å². The third-order valence-electron chi connectivity index (χ3n) is 5.42. The third-order valence-corrected chi connectivity index (χ3v) is 5.42. The molecule has 2 amide bonds. The second kappa shape index (κ2) is 7.15. The highest BCUT2D eigenvalue weighted by Crippen LogP contribution is 2.36. The van der Waals surface area contributed by atoms with E-state index in [9.17, 15) is 9.59 Å². The fourth-order valence-corrected chi connectivity index (χ4v) is 3.87. The smallest absolute Gasteiger partial charge is 0.227 e. The predicted molar refractivity (Wildman–Crippen MR) is 96.5 cm³/mol. The summed E-state index contributed by atoms with van der Waals surface area (Å²) in [6.07, 6.45) is 2.28. The summed E-state index contributed by atoms with van der Waals surface area (Å²) in [7, 11) is 0. The number of nitrogens with one attached hydrogen (secondary N) is 2. The molecule has 2 fully saturated rings. The van der Waals surface area contributed by atoms with Crippen LogP contribution in [0.2, 0.25) is 0 Å². The monoisotopic (exact) mass is 359 g/mol. The Kier molecular flexibility index (Phi) is 4.72. The fraction of sp³-hybridized carbons (Fsp3) is 0.579. The number of anilines is 1. The lowest BCUT2D eigenvalue weighted by Gasteiger charge is -2.31. The summed E-state index contributed by atoms with van der Waals surface area (Å²) in [6.45, 7) is 4.52. The molecule has 0 bridgehead atoms. The molecule has 3 heterocycles. The van der Waals surface area contributed by atoms with Gasteiger partial charge in [0.15, 0.2) is 11.5 Å². The van der Waals surface area contributed by atoms with Crippen LogP contribution in [0, 0.1) is 5.92 Å². The number of carbonyl (C=O) groups is 2. The van der Waals surface area contributed by atoms with E-state index in [1.807, 2.05) is 18.2 Å². The first-order valence-corrected chi connectivity index (χ1v) is 9.35. The molecule has 7 nitrogen and oxygen atoms in total. The number of carbonyl (C=O) groups excluding carboxylic acids is 2. The maximum atomic E-state index is 12.7. The van der Waals surface area contributed by atoms with E-state index in [2.05, 4.69) is 17.6 Å². The summed E-state index contributed by atoms with van der Waals surface area (Å²) in [5, 5.41) is 6.51. The van der Waals surface area contributed by atoms with Crippen LogP contribution in [-0.2, 0) is 9.59 Å². The SMILES string of the molecule is CC1NCCCC1NC(=O)C1CC(=O)N(c2ccc3c(c2)OCCO3)C1. The Morgan fingerprint density at radius 1 is 1.27 bits per heavy atom. The number of rotatable bonds is 3. The Morgan fingerprint density at radius 2 is 2.08 bits per heavy atom. The van der Waals surface area contributed by atoms with Crippen molar-refractivity contribution in [3.05, 3.63) is 18.2 Å². The van der Waals surface area contributed by atoms with Crippen molar-refractivity contribution in [1.29, 1.82) is 0 Å². The predicted octanol–water partition coefficient (Wildman–Crippen LogP) is 1.07. The van der Waals surface area contributed by atoms with Gasteiger partial charge in [-0.15, -0.1) is 0 Å². The molecular formula is C19H25N3O4. The van der Waals surface area contributed by atoms with Gasteiger partial charge in [-0.05, 0) is 38.4 Å². The summed E-state index contributed by atoms with van der Waals surface area (Å²) < 4.78 is 11.1. The van der Waals surface area contributed by atoms with Gasteiger partial charge >= 0.3 is 0 Å². The molecule has 2 saturated heterocycles. The van der Waals surface area contributed by atoms with Gasteiger partial charge in [0.1, 0.15) is 13.2 Å². The van der Waals surface area contributed by atoms with Crippen LogP contribution in [0.25, 0.3) is 0 Å². The van der Waals surface area contributed by atoms with Crippen molar-refractivity contribution in [3.63, 3.8) is 0 Å². The zero-order chi connectivity index (χ0) is 18.1. The zero-order valence-electron chi connectivity index (χ0n) is 15.0. The number of ether oxygens (including phenoxy) is 2. The molecule has 2 N–H and O–H groups in total. The molecule has 0 spiro atoms. The lowest BCUT2D eigenvalue weighted by molar-refractivity contribution is -0.127. The van der Waals surface area contributed by atoms with Gasteiger partial charge in [0.25, 0.3) is 0 Å². The van der Waals surface area contributed by atoms with Crippen LogP contribution >= 0.6 is 0 Å². The first-order chi connectivity index (χ1) is 12.6. The molecule has 3 unspecified atom stereocenters. The van der Waals surface area contributed by atoms with Crippen molar-refractivity contribution in [2.24, 2.45) is 5.92 Å². The van der Waals surface area contributed by atoms with E-state index in [-0.39, 0.29) is 36.2 Å². The summed E-state index contributed by atoms with van der Waals surface area (Å²) in [5.74, 6) is 0.969. The van der Waals surface area contributed by atoms with Crippen LogP contribution in [0.3, 0.4) is 0 Å². The molecule has 3 atom stereocenters. The molecule has 3 aliphatic heterocycles. The van der Waals surface area contributed by atoms with E-state index in [1.165, 1.54) is 0 Å². The number of nitrogens with zero attached hydrogens (tertiary/aromatic N) is 1. The van der Waals surface area contributed by atoms with E-state index in [1.54, 1.807) is 4.90 Å². The molecular weight excluding hydrogens is 334 g/mol. The van der Waals surface area contributed by atoms with Crippen LogP contribution < -0.4 is 25.0 Å². The maximum Gasteiger partial charge on any atom is 0.227 e. The Bertz CT molecular complexity index is 708. The first-order valence-electron chi connectivity index (χ1n) is 9.35. The van der Waals surface area contributed by atoms with Crippen LogP contribution in [0.15, 0.2) is 18.2 Å². The molecule has 7 heteroatoms. The Morgan fingerprint density at radius 3 is 2.88 bits per heavy atom. The molecule has 0 radical (unpaired) electrons. The second-order valence-electron chi connectivity index (χ2n) is 7.23. The first kappa shape index (κ1) is 17.1. The Hall–Kier alpha value is -2.28. The highest BCUT2D eigenvalue weighted by molar-refractivity contribution is 6.00. The van der Waals surface area contributed by atoms with Gasteiger partial charge in [0.2, 0.25) is 11.8 Å². The topological polar surface area (TPSA) is 79.9 Å². The fourth-order valence-electron chi connectivity index (χ4n) is 3.87. The van der Waals surface area contributed by atoms with Gasteiger partial charge < -0.3 is 25.0 Å². The lowest BCUT2D eigenvalue weighted by Crippen LogP contribution is -2.53. The Balaban J connectivity index is 1.42. The van der Waals surface area contributed by atoms with Crippen molar-refractivity contribution in [2.75, 3.05) is 31.2 Å². The second-order valence-corrected chi connectivity index (χ2v) is 7.23. The van der Waals surface area contributed by atoms with Crippen LogP contribution in [0.1, 0.15) is 26.2 Å². The lowest BCUT2D eigenvalue weighted by atomic mass is 9.98. The zero-order valence-corrected chi connectivity index (χ0v) is 15.0. The van der Waals surface area contributed by atoms with Crippen LogP contribution in [0.5, 0.6) is 11.5 Å². The van der Waals surface area contributed by atoms with Crippen molar-refractivity contribution in [2.45, 2.75) is 38.3 Å². The minimum absolute atomic E-state index is 0.0288. The molecule has 0 aliphatic carbocycles. The van der Waals surface area contributed by atoms with Crippen LogP contribution in [0.4, 0.5) is 5.69 Å². The molecule has 26 heavy (non-hydrogen) atoms. The van der Waals surface area contributed by atoms with Crippen LogP contribution in [-0.4, -0.2) is 50.2 Å². The molecule has 1 aromatic rings. The maximum absolute atomic E-state index is 12.7. The van der Waals surface area contributed by atoms with E-state index in [0.717, 1.165) is 25.1 Å². The Labute approximate surface area is 153 Å². The molecule has 4 rings (SSSR count). The minimum Gasteiger partial charge on any atom is -0.486 e.